The second-order valence-electron chi connectivity index (χ2n) is 8.01. The predicted molar refractivity (Wildman–Crippen MR) is 116 cm³/mol. The van der Waals surface area contributed by atoms with Crippen LogP contribution in [0.5, 0.6) is 0 Å². The van der Waals surface area contributed by atoms with Crippen molar-refractivity contribution in [1.82, 2.24) is 10.3 Å². The largest absolute Gasteiger partial charge is 0.355 e. The first-order valence-electron chi connectivity index (χ1n) is 10.6. The monoisotopic (exact) mass is 400 g/mol. The first-order chi connectivity index (χ1) is 13.7. The van der Waals surface area contributed by atoms with E-state index in [0.717, 1.165) is 62.2 Å². The highest BCUT2D eigenvalue weighted by Gasteiger charge is 2.19. The minimum Gasteiger partial charge on any atom is -0.355 e. The Morgan fingerprint density at radius 3 is 2.82 bits per heavy atom. The molecule has 5 nitrogen and oxygen atoms in total. The number of amides is 1. The average molecular weight is 401 g/mol. The summed E-state index contributed by atoms with van der Waals surface area (Å²) in [7, 11) is 0. The third-order valence-corrected chi connectivity index (χ3v) is 6.25. The number of nitrogens with zero attached hydrogens (tertiary/aromatic N) is 2. The Labute approximate surface area is 171 Å². The summed E-state index contributed by atoms with van der Waals surface area (Å²) in [6, 6.07) is 7.85. The molecule has 4 rings (SSSR count). The number of hydrogen-bond acceptors (Lipinski definition) is 4. The van der Waals surface area contributed by atoms with Gasteiger partial charge in [0.25, 0.3) is 0 Å². The molecule has 2 heterocycles. The van der Waals surface area contributed by atoms with Crippen LogP contribution in [0.1, 0.15) is 44.9 Å². The Bertz CT molecular complexity index is 827. The van der Waals surface area contributed by atoms with Crippen LogP contribution in [0.25, 0.3) is 10.9 Å². The maximum absolute atomic E-state index is 12.6. The molecule has 1 saturated carbocycles. The van der Waals surface area contributed by atoms with Crippen molar-refractivity contribution in [2.24, 2.45) is 5.92 Å². The molecule has 2 N–H and O–H groups in total. The van der Waals surface area contributed by atoms with Gasteiger partial charge in [0.05, 0.1) is 16.2 Å². The zero-order valence-electron chi connectivity index (χ0n) is 16.3. The van der Waals surface area contributed by atoms with E-state index in [0.29, 0.717) is 23.0 Å². The van der Waals surface area contributed by atoms with Crippen molar-refractivity contribution in [2.75, 3.05) is 36.4 Å². The van der Waals surface area contributed by atoms with Crippen LogP contribution in [-0.2, 0) is 4.79 Å². The van der Waals surface area contributed by atoms with Crippen LogP contribution in [0.15, 0.2) is 24.3 Å². The summed E-state index contributed by atoms with van der Waals surface area (Å²) in [4.78, 5) is 19.8. The molecule has 2 aliphatic rings. The summed E-state index contributed by atoms with van der Waals surface area (Å²) in [6.07, 6.45) is 7.80. The molecule has 1 amide bonds. The Balaban J connectivity index is 1.54. The summed E-state index contributed by atoms with van der Waals surface area (Å²) < 4.78 is 0. The molecule has 1 aliphatic carbocycles. The van der Waals surface area contributed by atoms with Gasteiger partial charge in [0.15, 0.2) is 0 Å². The van der Waals surface area contributed by atoms with Crippen molar-refractivity contribution < 1.29 is 4.79 Å². The molecule has 0 radical (unpaired) electrons. The second-order valence-corrected chi connectivity index (χ2v) is 8.41. The molecular formula is C22H29ClN4O. The number of carbonyl (C=O) groups is 1. The highest BCUT2D eigenvalue weighted by molar-refractivity contribution is 6.35. The Hall–Kier alpha value is -1.85. The van der Waals surface area contributed by atoms with Gasteiger partial charge in [-0.05, 0) is 56.0 Å². The Morgan fingerprint density at radius 2 is 1.96 bits per heavy atom. The number of halogens is 1. The molecule has 1 saturated heterocycles. The average Bonchev–Trinajstić information content (AvgIpc) is 3.00. The molecule has 2 aromatic rings. The van der Waals surface area contributed by atoms with Crippen molar-refractivity contribution in [3.05, 3.63) is 29.3 Å². The van der Waals surface area contributed by atoms with Crippen LogP contribution in [0, 0.1) is 5.92 Å². The highest BCUT2D eigenvalue weighted by atomic mass is 35.5. The van der Waals surface area contributed by atoms with Gasteiger partial charge < -0.3 is 15.5 Å². The molecule has 0 atom stereocenters. The van der Waals surface area contributed by atoms with Crippen LogP contribution in [0.3, 0.4) is 0 Å². The van der Waals surface area contributed by atoms with Gasteiger partial charge in [-0.15, -0.1) is 0 Å². The number of carbonyl (C=O) groups excluding carboxylic acids is 1. The lowest BCUT2D eigenvalue weighted by atomic mass is 9.87. The lowest BCUT2D eigenvalue weighted by Gasteiger charge is -2.22. The van der Waals surface area contributed by atoms with E-state index in [1.54, 1.807) is 0 Å². The van der Waals surface area contributed by atoms with Crippen molar-refractivity contribution >= 4 is 39.9 Å². The van der Waals surface area contributed by atoms with Gasteiger partial charge in [0.2, 0.25) is 5.91 Å². The number of fused-ring (bicyclic) bond motifs is 1. The van der Waals surface area contributed by atoms with Crippen molar-refractivity contribution in [2.45, 2.75) is 44.9 Å². The Kier molecular flexibility index (Phi) is 6.33. The number of benzene rings is 1. The molecule has 1 aromatic carbocycles. The number of aromatic nitrogens is 1. The lowest BCUT2D eigenvalue weighted by Crippen LogP contribution is -2.28. The first-order valence-corrected chi connectivity index (χ1v) is 10.9. The van der Waals surface area contributed by atoms with E-state index < -0.39 is 0 Å². The highest BCUT2D eigenvalue weighted by Crippen LogP contribution is 2.33. The number of hydrogen-bond donors (Lipinski definition) is 2. The van der Waals surface area contributed by atoms with E-state index in [1.165, 1.54) is 19.3 Å². The molecule has 28 heavy (non-hydrogen) atoms. The second kappa shape index (κ2) is 9.10. The standard InChI is InChI=1S/C22H29ClN4O/c23-18-8-9-19-17(7-10-20(25-19)27-13-4-11-24-12-14-27)22(18)26-21(28)15-16-5-2-1-3-6-16/h7-10,16,24H,1-6,11-15H2,(H,26,28). The van der Waals surface area contributed by atoms with Crippen LogP contribution in [0.4, 0.5) is 11.5 Å². The van der Waals surface area contributed by atoms with Gasteiger partial charge >= 0.3 is 0 Å². The van der Waals surface area contributed by atoms with E-state index in [1.807, 2.05) is 24.3 Å². The fourth-order valence-electron chi connectivity index (χ4n) is 4.39. The SMILES string of the molecule is O=C(CC1CCCCC1)Nc1c(Cl)ccc2nc(N3CCCNCC3)ccc12. The maximum Gasteiger partial charge on any atom is 0.224 e. The van der Waals surface area contributed by atoms with Crippen LogP contribution >= 0.6 is 11.6 Å². The van der Waals surface area contributed by atoms with Gasteiger partial charge in [-0.2, -0.15) is 0 Å². The van der Waals surface area contributed by atoms with Gasteiger partial charge in [-0.25, -0.2) is 4.98 Å². The molecule has 1 aliphatic heterocycles. The zero-order chi connectivity index (χ0) is 19.3. The van der Waals surface area contributed by atoms with E-state index in [-0.39, 0.29) is 5.91 Å². The van der Waals surface area contributed by atoms with E-state index in [4.69, 9.17) is 16.6 Å². The molecule has 150 valence electrons. The summed E-state index contributed by atoms with van der Waals surface area (Å²) >= 11 is 6.44. The normalized spacial score (nSPS) is 18.8. The smallest absolute Gasteiger partial charge is 0.224 e. The quantitative estimate of drug-likeness (QED) is 0.787. The number of rotatable bonds is 4. The molecule has 0 bridgehead atoms. The summed E-state index contributed by atoms with van der Waals surface area (Å²) in [6.45, 7) is 3.99. The molecule has 2 fully saturated rings. The molecule has 1 aromatic heterocycles. The minimum atomic E-state index is 0.0592. The third kappa shape index (κ3) is 4.58. The first kappa shape index (κ1) is 19.5. The minimum absolute atomic E-state index is 0.0592. The van der Waals surface area contributed by atoms with Crippen molar-refractivity contribution in [3.63, 3.8) is 0 Å². The van der Waals surface area contributed by atoms with Gasteiger partial charge in [0.1, 0.15) is 5.82 Å². The molecular weight excluding hydrogens is 372 g/mol. The van der Waals surface area contributed by atoms with Crippen LogP contribution in [0.2, 0.25) is 5.02 Å². The number of anilines is 2. The number of nitrogens with one attached hydrogen (secondary N) is 2. The van der Waals surface area contributed by atoms with Crippen molar-refractivity contribution in [1.29, 1.82) is 0 Å². The number of pyridine rings is 1. The fourth-order valence-corrected chi connectivity index (χ4v) is 4.60. The summed E-state index contributed by atoms with van der Waals surface area (Å²) in [5.41, 5.74) is 1.56. The van der Waals surface area contributed by atoms with E-state index in [9.17, 15) is 4.79 Å². The molecule has 6 heteroatoms. The van der Waals surface area contributed by atoms with Crippen LogP contribution in [-0.4, -0.2) is 37.1 Å². The van der Waals surface area contributed by atoms with Gasteiger partial charge in [-0.3, -0.25) is 4.79 Å². The summed E-state index contributed by atoms with van der Waals surface area (Å²) in [5, 5.41) is 7.97. The molecule has 0 unspecified atom stereocenters. The maximum atomic E-state index is 12.6. The third-order valence-electron chi connectivity index (χ3n) is 5.93. The van der Waals surface area contributed by atoms with E-state index in [2.05, 4.69) is 15.5 Å². The van der Waals surface area contributed by atoms with Gasteiger partial charge in [0, 0.05) is 31.4 Å². The van der Waals surface area contributed by atoms with Gasteiger partial charge in [-0.1, -0.05) is 30.9 Å². The van der Waals surface area contributed by atoms with Crippen LogP contribution < -0.4 is 15.5 Å². The van der Waals surface area contributed by atoms with E-state index >= 15 is 0 Å². The topological polar surface area (TPSA) is 57.3 Å². The van der Waals surface area contributed by atoms with Crippen molar-refractivity contribution in [3.8, 4) is 0 Å². The summed E-state index contributed by atoms with van der Waals surface area (Å²) in [5.74, 6) is 1.55. The zero-order valence-corrected chi connectivity index (χ0v) is 17.1. The predicted octanol–water partition coefficient (Wildman–Crippen LogP) is 4.60. The fraction of sp³-hybridized carbons (Fsp3) is 0.545. The molecule has 0 spiro atoms. The lowest BCUT2D eigenvalue weighted by molar-refractivity contribution is -0.117. The Morgan fingerprint density at radius 1 is 1.11 bits per heavy atom.